The maximum atomic E-state index is 4.08. The lowest BCUT2D eigenvalue weighted by Crippen LogP contribution is -1.92. The first-order chi connectivity index (χ1) is 21.1. The molecule has 0 saturated heterocycles. The third-order valence-corrected chi connectivity index (χ3v) is 9.83. The minimum atomic E-state index is 0.513. The molecule has 0 N–H and O–H groups in total. The van der Waals surface area contributed by atoms with Crippen molar-refractivity contribution in [3.05, 3.63) is 144 Å². The summed E-state index contributed by atoms with van der Waals surface area (Å²) < 4.78 is 1.31. The fourth-order valence-electron chi connectivity index (χ4n) is 6.48. The van der Waals surface area contributed by atoms with Gasteiger partial charge in [0.2, 0.25) is 0 Å². The topological polar surface area (TPSA) is 0 Å². The average molecular weight is 571 g/mol. The summed E-state index contributed by atoms with van der Waals surface area (Å²) in [5, 5.41) is 6.42. The zero-order chi connectivity index (χ0) is 29.5. The van der Waals surface area contributed by atoms with Crippen LogP contribution in [0.2, 0.25) is 0 Å². The predicted octanol–water partition coefficient (Wildman–Crippen LogP) is 13.0. The van der Waals surface area contributed by atoms with Crippen LogP contribution in [-0.2, 0) is 0 Å². The van der Waals surface area contributed by atoms with Crippen molar-refractivity contribution in [2.45, 2.75) is 26.7 Å². The number of thiophene rings is 1. The van der Waals surface area contributed by atoms with Crippen LogP contribution in [0.15, 0.2) is 128 Å². The molecule has 0 bridgehead atoms. The molecule has 0 amide bonds. The number of hydrogen-bond acceptors (Lipinski definition) is 1. The van der Waals surface area contributed by atoms with E-state index in [2.05, 4.69) is 155 Å². The van der Waals surface area contributed by atoms with Crippen LogP contribution in [0.1, 0.15) is 42.7 Å². The summed E-state index contributed by atoms with van der Waals surface area (Å²) in [5.74, 6) is 0.513. The molecule has 0 aliphatic heterocycles. The van der Waals surface area contributed by atoms with Crippen LogP contribution in [0.4, 0.5) is 0 Å². The third-order valence-electron chi connectivity index (χ3n) is 8.58. The lowest BCUT2D eigenvalue weighted by Gasteiger charge is -2.18. The van der Waals surface area contributed by atoms with Crippen molar-refractivity contribution < 1.29 is 0 Å². The molecular weight excluding hydrogens is 537 g/mol. The molecule has 1 heteroatoms. The number of fused-ring (bicyclic) bond motifs is 3. The van der Waals surface area contributed by atoms with Gasteiger partial charge in [-0.1, -0.05) is 154 Å². The Morgan fingerprint density at radius 3 is 1.56 bits per heavy atom. The molecule has 43 heavy (non-hydrogen) atoms. The standard InChI is InChI=1S/C42H34S/c1-5-12-33-38-18-11-17-32(42(38)43-39(33)6-2)29-21-25-31(26-22-29)41-36-15-9-7-13-34(36)40(35-14-8-10-16-37(35)41)30-23-19-28(20-24-30)27(3)4/h5-27H,2H2,1,3-4H3/b12-5-. The van der Waals surface area contributed by atoms with E-state index in [1.165, 1.54) is 81.0 Å². The second-order valence-corrected chi connectivity index (χ2v) is 12.5. The summed E-state index contributed by atoms with van der Waals surface area (Å²) in [6, 6.07) is 42.7. The minimum Gasteiger partial charge on any atom is -0.135 e. The smallest absolute Gasteiger partial charge is 0.0433 e. The number of allylic oxidation sites excluding steroid dienone is 1. The van der Waals surface area contributed by atoms with E-state index in [0.29, 0.717) is 5.92 Å². The number of benzene rings is 6. The Hall–Kier alpha value is -4.72. The monoisotopic (exact) mass is 570 g/mol. The molecule has 0 spiro atoms. The molecule has 0 saturated carbocycles. The molecule has 1 aromatic heterocycles. The van der Waals surface area contributed by atoms with Crippen LogP contribution in [0.5, 0.6) is 0 Å². The lowest BCUT2D eigenvalue weighted by atomic mass is 9.85. The van der Waals surface area contributed by atoms with E-state index in [0.717, 1.165) is 0 Å². The molecule has 0 aliphatic carbocycles. The van der Waals surface area contributed by atoms with Gasteiger partial charge < -0.3 is 0 Å². The van der Waals surface area contributed by atoms with Crippen molar-refractivity contribution in [2.24, 2.45) is 0 Å². The van der Waals surface area contributed by atoms with Crippen molar-refractivity contribution in [1.29, 1.82) is 0 Å². The van der Waals surface area contributed by atoms with Crippen LogP contribution in [0.3, 0.4) is 0 Å². The van der Waals surface area contributed by atoms with Gasteiger partial charge in [0.25, 0.3) is 0 Å². The molecule has 0 fully saturated rings. The summed E-state index contributed by atoms with van der Waals surface area (Å²) in [5.41, 5.74) is 10.2. The predicted molar refractivity (Wildman–Crippen MR) is 192 cm³/mol. The summed E-state index contributed by atoms with van der Waals surface area (Å²) >= 11 is 1.82. The normalized spacial score (nSPS) is 11.8. The first-order valence-corrected chi connectivity index (χ1v) is 15.9. The van der Waals surface area contributed by atoms with Crippen molar-refractivity contribution in [3.8, 4) is 33.4 Å². The molecule has 208 valence electrons. The van der Waals surface area contributed by atoms with E-state index in [1.807, 2.05) is 17.4 Å². The summed E-state index contributed by atoms with van der Waals surface area (Å²) in [6.45, 7) is 10.7. The molecule has 1 heterocycles. The zero-order valence-corrected chi connectivity index (χ0v) is 25.7. The van der Waals surface area contributed by atoms with Gasteiger partial charge in [0, 0.05) is 15.0 Å². The SMILES string of the molecule is C=Cc1sc2c(-c3ccc(-c4c5ccccc5c(-c5ccc(C(C)C)cc5)c5ccccc45)cc3)cccc2c1/C=C\C. The van der Waals surface area contributed by atoms with E-state index in [-0.39, 0.29) is 0 Å². The van der Waals surface area contributed by atoms with E-state index < -0.39 is 0 Å². The maximum Gasteiger partial charge on any atom is 0.0433 e. The van der Waals surface area contributed by atoms with Crippen LogP contribution in [0, 0.1) is 0 Å². The average Bonchev–Trinajstić information content (AvgIpc) is 3.41. The highest BCUT2D eigenvalue weighted by atomic mass is 32.1. The van der Waals surface area contributed by atoms with Gasteiger partial charge in [-0.15, -0.1) is 11.3 Å². The molecule has 0 aliphatic rings. The van der Waals surface area contributed by atoms with Crippen molar-refractivity contribution in [3.63, 3.8) is 0 Å². The summed E-state index contributed by atoms with van der Waals surface area (Å²) in [4.78, 5) is 1.22. The molecule has 0 nitrogen and oxygen atoms in total. The van der Waals surface area contributed by atoms with Crippen LogP contribution in [-0.4, -0.2) is 0 Å². The van der Waals surface area contributed by atoms with E-state index in [4.69, 9.17) is 0 Å². The molecule has 7 rings (SSSR count). The first kappa shape index (κ1) is 27.1. The highest BCUT2D eigenvalue weighted by Gasteiger charge is 2.17. The second kappa shape index (κ2) is 11.2. The van der Waals surface area contributed by atoms with E-state index >= 15 is 0 Å². The van der Waals surface area contributed by atoms with Gasteiger partial charge >= 0.3 is 0 Å². The number of rotatable bonds is 6. The lowest BCUT2D eigenvalue weighted by molar-refractivity contribution is 0.867. The minimum absolute atomic E-state index is 0.513. The molecular formula is C42H34S. The van der Waals surface area contributed by atoms with Gasteiger partial charge in [-0.3, -0.25) is 0 Å². The first-order valence-electron chi connectivity index (χ1n) is 15.0. The van der Waals surface area contributed by atoms with Gasteiger partial charge in [-0.05, 0) is 78.9 Å². The van der Waals surface area contributed by atoms with Crippen molar-refractivity contribution in [2.75, 3.05) is 0 Å². The molecule has 6 aromatic carbocycles. The molecule has 0 atom stereocenters. The summed E-state index contributed by atoms with van der Waals surface area (Å²) in [7, 11) is 0. The Kier molecular flexibility index (Phi) is 7.05. The second-order valence-electron chi connectivity index (χ2n) is 11.5. The maximum absolute atomic E-state index is 4.08. The van der Waals surface area contributed by atoms with Crippen LogP contribution in [0.25, 0.3) is 77.2 Å². The largest absolute Gasteiger partial charge is 0.135 e. The fraction of sp³-hybridized carbons (Fsp3) is 0.0952. The quantitative estimate of drug-likeness (QED) is 0.174. The number of hydrogen-bond donors (Lipinski definition) is 0. The van der Waals surface area contributed by atoms with Crippen molar-refractivity contribution >= 4 is 55.1 Å². The van der Waals surface area contributed by atoms with Gasteiger partial charge in [0.15, 0.2) is 0 Å². The van der Waals surface area contributed by atoms with E-state index in [9.17, 15) is 0 Å². The van der Waals surface area contributed by atoms with Gasteiger partial charge in [0.05, 0.1) is 0 Å². The Labute approximate surface area is 258 Å². The fourth-order valence-corrected chi connectivity index (χ4v) is 7.65. The Morgan fingerprint density at radius 2 is 1.07 bits per heavy atom. The molecule has 0 radical (unpaired) electrons. The van der Waals surface area contributed by atoms with Crippen LogP contribution >= 0.6 is 11.3 Å². The highest BCUT2D eigenvalue weighted by molar-refractivity contribution is 7.20. The Bertz CT molecular complexity index is 2100. The van der Waals surface area contributed by atoms with Gasteiger partial charge in [-0.2, -0.15) is 0 Å². The van der Waals surface area contributed by atoms with Gasteiger partial charge in [-0.25, -0.2) is 0 Å². The molecule has 7 aromatic rings. The van der Waals surface area contributed by atoms with Gasteiger partial charge in [0.1, 0.15) is 0 Å². The highest BCUT2D eigenvalue weighted by Crippen LogP contribution is 2.45. The van der Waals surface area contributed by atoms with E-state index in [1.54, 1.807) is 0 Å². The van der Waals surface area contributed by atoms with Crippen molar-refractivity contribution in [1.82, 2.24) is 0 Å². The molecule has 0 unspecified atom stereocenters. The summed E-state index contributed by atoms with van der Waals surface area (Å²) in [6.07, 6.45) is 6.28. The van der Waals surface area contributed by atoms with Crippen LogP contribution < -0.4 is 0 Å². The zero-order valence-electron chi connectivity index (χ0n) is 24.9. The third kappa shape index (κ3) is 4.61. The Morgan fingerprint density at radius 1 is 0.581 bits per heavy atom. The Balaban J connectivity index is 1.41.